The Hall–Kier alpha value is -0.120. The summed E-state index contributed by atoms with van der Waals surface area (Å²) in [6.07, 6.45) is 1.26. The first-order valence-electron chi connectivity index (χ1n) is 5.87. The van der Waals surface area contributed by atoms with Crippen LogP contribution in [0.5, 0.6) is 0 Å². The van der Waals surface area contributed by atoms with E-state index in [2.05, 4.69) is 17.1 Å². The molecule has 2 fully saturated rings. The maximum Gasteiger partial charge on any atom is 0.0494 e. The normalized spacial score (nSPS) is 35.8. The van der Waals surface area contributed by atoms with Crippen LogP contribution in [0.25, 0.3) is 0 Å². The number of ether oxygens (including phenoxy) is 1. The van der Waals surface area contributed by atoms with Gasteiger partial charge < -0.3 is 15.0 Å². The summed E-state index contributed by atoms with van der Waals surface area (Å²) in [5.41, 5.74) is 0. The van der Waals surface area contributed by atoms with Gasteiger partial charge in [-0.2, -0.15) is 0 Å². The molecule has 0 radical (unpaired) electrons. The summed E-state index contributed by atoms with van der Waals surface area (Å²) in [6, 6.07) is 0. The lowest BCUT2D eigenvalue weighted by Gasteiger charge is -2.35. The van der Waals surface area contributed by atoms with Crippen LogP contribution < -0.4 is 5.32 Å². The Morgan fingerprint density at radius 2 is 2.14 bits per heavy atom. The van der Waals surface area contributed by atoms with Gasteiger partial charge in [-0.15, -0.1) is 0 Å². The van der Waals surface area contributed by atoms with Gasteiger partial charge in [0.25, 0.3) is 0 Å². The molecule has 0 aliphatic carbocycles. The molecule has 3 nitrogen and oxygen atoms in total. The molecule has 2 aliphatic heterocycles. The summed E-state index contributed by atoms with van der Waals surface area (Å²) in [7, 11) is 0. The van der Waals surface area contributed by atoms with Crippen molar-refractivity contribution in [3.8, 4) is 0 Å². The van der Waals surface area contributed by atoms with Crippen molar-refractivity contribution >= 4 is 0 Å². The molecule has 0 bridgehead atoms. The third-order valence-electron chi connectivity index (χ3n) is 3.52. The lowest BCUT2D eigenvalue weighted by Crippen LogP contribution is -2.47. The van der Waals surface area contributed by atoms with E-state index in [1.54, 1.807) is 0 Å². The van der Waals surface area contributed by atoms with Crippen LogP contribution in [0.2, 0.25) is 0 Å². The first kappa shape index (κ1) is 10.4. The predicted octanol–water partition coefficient (Wildman–Crippen LogP) is 0.564. The highest BCUT2D eigenvalue weighted by Gasteiger charge is 2.24. The number of hydrogen-bond donors (Lipinski definition) is 1. The molecule has 0 amide bonds. The van der Waals surface area contributed by atoms with Crippen LogP contribution in [0.3, 0.4) is 0 Å². The molecule has 14 heavy (non-hydrogen) atoms. The smallest absolute Gasteiger partial charge is 0.0494 e. The molecule has 0 saturated carbocycles. The standard InChI is InChI=1S/C11H22N2O/c1-10-9-14-7-2-11(10)8-13-5-3-12-4-6-13/h10-12H,2-9H2,1H3. The molecule has 2 saturated heterocycles. The van der Waals surface area contributed by atoms with E-state index >= 15 is 0 Å². The molecule has 2 heterocycles. The van der Waals surface area contributed by atoms with Gasteiger partial charge in [-0.3, -0.25) is 0 Å². The zero-order valence-electron chi connectivity index (χ0n) is 9.17. The van der Waals surface area contributed by atoms with E-state index in [1.165, 1.54) is 26.1 Å². The maximum absolute atomic E-state index is 5.47. The summed E-state index contributed by atoms with van der Waals surface area (Å²) in [5.74, 6) is 1.61. The van der Waals surface area contributed by atoms with Gasteiger partial charge in [-0.25, -0.2) is 0 Å². The molecular formula is C11H22N2O. The van der Waals surface area contributed by atoms with Crippen LogP contribution >= 0.6 is 0 Å². The number of nitrogens with one attached hydrogen (secondary N) is 1. The van der Waals surface area contributed by atoms with Gasteiger partial charge in [-0.1, -0.05) is 6.92 Å². The van der Waals surface area contributed by atoms with E-state index in [0.717, 1.165) is 38.1 Å². The second-order valence-electron chi connectivity index (χ2n) is 4.65. The Kier molecular flexibility index (Phi) is 3.79. The second kappa shape index (κ2) is 5.10. The van der Waals surface area contributed by atoms with Crippen molar-refractivity contribution in [3.63, 3.8) is 0 Å². The van der Waals surface area contributed by atoms with Crippen LogP contribution in [0.4, 0.5) is 0 Å². The predicted molar refractivity (Wildman–Crippen MR) is 57.4 cm³/mol. The van der Waals surface area contributed by atoms with E-state index in [9.17, 15) is 0 Å². The fourth-order valence-electron chi connectivity index (χ4n) is 2.42. The highest BCUT2D eigenvalue weighted by Crippen LogP contribution is 2.22. The Morgan fingerprint density at radius 3 is 2.86 bits per heavy atom. The topological polar surface area (TPSA) is 24.5 Å². The van der Waals surface area contributed by atoms with Crippen molar-refractivity contribution in [3.05, 3.63) is 0 Å². The van der Waals surface area contributed by atoms with Gasteiger partial charge in [0.1, 0.15) is 0 Å². The summed E-state index contributed by atoms with van der Waals surface area (Å²) in [4.78, 5) is 2.60. The van der Waals surface area contributed by atoms with Crippen LogP contribution in [0.15, 0.2) is 0 Å². The molecular weight excluding hydrogens is 176 g/mol. The van der Waals surface area contributed by atoms with E-state index < -0.39 is 0 Å². The van der Waals surface area contributed by atoms with Crippen LogP contribution in [-0.2, 0) is 4.74 Å². The van der Waals surface area contributed by atoms with Gasteiger partial charge in [-0.05, 0) is 18.3 Å². The summed E-state index contributed by atoms with van der Waals surface area (Å²) < 4.78 is 5.47. The molecule has 0 aromatic carbocycles. The third-order valence-corrected chi connectivity index (χ3v) is 3.52. The highest BCUT2D eigenvalue weighted by molar-refractivity contribution is 4.76. The quantitative estimate of drug-likeness (QED) is 0.702. The lowest BCUT2D eigenvalue weighted by atomic mass is 9.89. The molecule has 0 aromatic rings. The van der Waals surface area contributed by atoms with Gasteiger partial charge in [0.05, 0.1) is 0 Å². The van der Waals surface area contributed by atoms with Crippen molar-refractivity contribution in [2.45, 2.75) is 13.3 Å². The first-order chi connectivity index (χ1) is 6.86. The molecule has 2 rings (SSSR count). The Labute approximate surface area is 86.8 Å². The van der Waals surface area contributed by atoms with Gasteiger partial charge in [0.15, 0.2) is 0 Å². The lowest BCUT2D eigenvalue weighted by molar-refractivity contribution is 0.0101. The van der Waals surface area contributed by atoms with Crippen LogP contribution in [-0.4, -0.2) is 50.8 Å². The molecule has 1 N–H and O–H groups in total. The Balaban J connectivity index is 1.76. The summed E-state index contributed by atoms with van der Waals surface area (Å²) in [6.45, 7) is 10.3. The molecule has 3 heteroatoms. The first-order valence-corrected chi connectivity index (χ1v) is 5.87. The third kappa shape index (κ3) is 2.69. The Morgan fingerprint density at radius 1 is 1.36 bits per heavy atom. The van der Waals surface area contributed by atoms with Gasteiger partial charge >= 0.3 is 0 Å². The number of nitrogens with zero attached hydrogens (tertiary/aromatic N) is 1. The molecule has 2 aliphatic rings. The van der Waals surface area contributed by atoms with Crippen molar-refractivity contribution in [2.75, 3.05) is 45.9 Å². The highest BCUT2D eigenvalue weighted by atomic mass is 16.5. The molecule has 0 spiro atoms. The molecule has 82 valence electrons. The summed E-state index contributed by atoms with van der Waals surface area (Å²) in [5, 5.41) is 3.40. The van der Waals surface area contributed by atoms with E-state index in [0.29, 0.717) is 0 Å². The minimum Gasteiger partial charge on any atom is -0.381 e. The fourth-order valence-corrected chi connectivity index (χ4v) is 2.42. The second-order valence-corrected chi connectivity index (χ2v) is 4.65. The van der Waals surface area contributed by atoms with Gasteiger partial charge in [0.2, 0.25) is 0 Å². The van der Waals surface area contributed by atoms with Crippen molar-refractivity contribution in [1.82, 2.24) is 10.2 Å². The number of hydrogen-bond acceptors (Lipinski definition) is 3. The zero-order valence-corrected chi connectivity index (χ0v) is 9.17. The largest absolute Gasteiger partial charge is 0.381 e. The van der Waals surface area contributed by atoms with Crippen molar-refractivity contribution in [2.24, 2.45) is 11.8 Å². The molecule has 2 unspecified atom stereocenters. The fraction of sp³-hybridized carbons (Fsp3) is 1.00. The van der Waals surface area contributed by atoms with Crippen LogP contribution in [0, 0.1) is 11.8 Å². The van der Waals surface area contributed by atoms with E-state index in [1.807, 2.05) is 0 Å². The monoisotopic (exact) mass is 198 g/mol. The van der Waals surface area contributed by atoms with Crippen molar-refractivity contribution in [1.29, 1.82) is 0 Å². The average Bonchev–Trinajstić information content (AvgIpc) is 2.23. The minimum atomic E-state index is 0.749. The average molecular weight is 198 g/mol. The summed E-state index contributed by atoms with van der Waals surface area (Å²) >= 11 is 0. The van der Waals surface area contributed by atoms with Gasteiger partial charge in [0, 0.05) is 45.9 Å². The number of piperazine rings is 1. The maximum atomic E-state index is 5.47. The van der Waals surface area contributed by atoms with E-state index in [-0.39, 0.29) is 0 Å². The zero-order chi connectivity index (χ0) is 9.80. The van der Waals surface area contributed by atoms with E-state index in [4.69, 9.17) is 4.74 Å². The number of rotatable bonds is 2. The molecule has 0 aromatic heterocycles. The SMILES string of the molecule is CC1COCCC1CN1CCNCC1. The van der Waals surface area contributed by atoms with Crippen molar-refractivity contribution < 1.29 is 4.74 Å². The van der Waals surface area contributed by atoms with Crippen LogP contribution in [0.1, 0.15) is 13.3 Å². The Bertz CT molecular complexity index is 169. The minimum absolute atomic E-state index is 0.749. The molecule has 2 atom stereocenters.